The van der Waals surface area contributed by atoms with Crippen LogP contribution in [0, 0.1) is 0 Å². The van der Waals surface area contributed by atoms with Gasteiger partial charge in [-0.25, -0.2) is 9.59 Å². The van der Waals surface area contributed by atoms with E-state index in [0.29, 0.717) is 0 Å². The third-order valence-corrected chi connectivity index (χ3v) is 5.37. The summed E-state index contributed by atoms with van der Waals surface area (Å²) in [6, 6.07) is 15.0. The van der Waals surface area contributed by atoms with Crippen LogP contribution in [0.5, 0.6) is 0 Å². The molecule has 162 valence electrons. The molecule has 0 aliphatic rings. The van der Waals surface area contributed by atoms with Crippen molar-refractivity contribution in [3.8, 4) is 0 Å². The van der Waals surface area contributed by atoms with Crippen LogP contribution in [0.1, 0.15) is 51.7 Å². The molecule has 5 nitrogen and oxygen atoms in total. The van der Waals surface area contributed by atoms with Gasteiger partial charge in [0.1, 0.15) is 17.7 Å². The van der Waals surface area contributed by atoms with Crippen molar-refractivity contribution in [3.63, 3.8) is 0 Å². The topological polar surface area (TPSA) is 64.6 Å². The predicted octanol–water partition coefficient (Wildman–Crippen LogP) is 6.19. The highest BCUT2D eigenvalue weighted by molar-refractivity contribution is 9.10. The molecule has 0 unspecified atom stereocenters. The number of carbonyl (C=O) groups is 2. The maximum absolute atomic E-state index is 12.6. The highest BCUT2D eigenvalue weighted by Gasteiger charge is 2.28. The van der Waals surface area contributed by atoms with E-state index in [9.17, 15) is 9.59 Å². The molecule has 0 saturated carbocycles. The monoisotopic (exact) mass is 539 g/mol. The summed E-state index contributed by atoms with van der Waals surface area (Å²) in [5.41, 5.74) is 1.40. The fourth-order valence-corrected chi connectivity index (χ4v) is 3.50. The van der Waals surface area contributed by atoms with E-state index in [0.717, 1.165) is 20.1 Å². The predicted molar refractivity (Wildman–Crippen MR) is 125 cm³/mol. The average molecular weight is 541 g/mol. The van der Waals surface area contributed by atoms with Crippen molar-refractivity contribution in [1.82, 2.24) is 5.32 Å². The number of amides is 1. The second kappa shape index (κ2) is 10.4. The second-order valence-corrected chi connectivity index (χ2v) is 9.92. The van der Waals surface area contributed by atoms with E-state index in [4.69, 9.17) is 9.47 Å². The summed E-state index contributed by atoms with van der Waals surface area (Å²) in [5.74, 6) is -0.684. The molecule has 0 bridgehead atoms. The molecule has 0 fully saturated rings. The van der Waals surface area contributed by atoms with E-state index >= 15 is 0 Å². The second-order valence-electron chi connectivity index (χ2n) is 8.09. The van der Waals surface area contributed by atoms with E-state index < -0.39 is 29.8 Å². The number of hydrogen-bond donors (Lipinski definition) is 1. The van der Waals surface area contributed by atoms with Crippen molar-refractivity contribution in [2.75, 3.05) is 0 Å². The Kier molecular flexibility index (Phi) is 8.50. The molecule has 0 aliphatic heterocycles. The van der Waals surface area contributed by atoms with Crippen LogP contribution < -0.4 is 5.32 Å². The molecule has 0 spiro atoms. The van der Waals surface area contributed by atoms with Gasteiger partial charge in [0.2, 0.25) is 0 Å². The average Bonchev–Trinajstić information content (AvgIpc) is 2.63. The maximum atomic E-state index is 12.6. The maximum Gasteiger partial charge on any atom is 0.408 e. The number of esters is 1. The zero-order valence-corrected chi connectivity index (χ0v) is 20.9. The lowest BCUT2D eigenvalue weighted by molar-refractivity contribution is -0.150. The molecule has 2 aromatic carbocycles. The summed E-state index contributed by atoms with van der Waals surface area (Å²) in [4.78, 5) is 24.6. The zero-order chi connectivity index (χ0) is 22.5. The van der Waals surface area contributed by atoms with E-state index in [1.807, 2.05) is 55.5 Å². The third-order valence-electron chi connectivity index (χ3n) is 4.32. The van der Waals surface area contributed by atoms with E-state index in [2.05, 4.69) is 37.2 Å². The van der Waals surface area contributed by atoms with Crippen LogP contribution in [0.25, 0.3) is 0 Å². The standard InChI is InChI=1S/C23H27Br2NO4/c1-14(26-22(28)30-23(3,4)5)21(27)29-15(2)20(16-6-10-18(24)11-7-16)17-8-12-19(25)13-9-17/h6-15,20H,1-5H3,(H,26,28)/t14-,15-/m0/s1. The number of alkyl carbamates (subject to hydrolysis) is 1. The summed E-state index contributed by atoms with van der Waals surface area (Å²) in [6.07, 6.45) is -1.11. The smallest absolute Gasteiger partial charge is 0.408 e. The van der Waals surface area contributed by atoms with E-state index in [-0.39, 0.29) is 5.92 Å². The van der Waals surface area contributed by atoms with Crippen LogP contribution in [0.2, 0.25) is 0 Å². The van der Waals surface area contributed by atoms with Crippen LogP contribution >= 0.6 is 31.9 Å². The Morgan fingerprint density at radius 1 is 0.867 bits per heavy atom. The number of ether oxygens (including phenoxy) is 2. The first kappa shape index (κ1) is 24.4. The van der Waals surface area contributed by atoms with Crippen LogP contribution in [0.15, 0.2) is 57.5 Å². The van der Waals surface area contributed by atoms with Crippen molar-refractivity contribution >= 4 is 43.9 Å². The van der Waals surface area contributed by atoms with Gasteiger partial charge in [-0.05, 0) is 70.0 Å². The van der Waals surface area contributed by atoms with Gasteiger partial charge in [0.05, 0.1) is 0 Å². The largest absolute Gasteiger partial charge is 0.460 e. The minimum absolute atomic E-state index is 0.163. The van der Waals surface area contributed by atoms with Gasteiger partial charge in [-0.15, -0.1) is 0 Å². The Hall–Kier alpha value is -1.86. The highest BCUT2D eigenvalue weighted by Crippen LogP contribution is 2.31. The molecule has 0 aromatic heterocycles. The van der Waals surface area contributed by atoms with Crippen molar-refractivity contribution in [2.45, 2.75) is 58.3 Å². The van der Waals surface area contributed by atoms with Gasteiger partial charge in [-0.1, -0.05) is 56.1 Å². The first-order valence-electron chi connectivity index (χ1n) is 9.67. The number of rotatable bonds is 6. The first-order valence-corrected chi connectivity index (χ1v) is 11.3. The Morgan fingerprint density at radius 3 is 1.70 bits per heavy atom. The Balaban J connectivity index is 2.16. The molecule has 0 heterocycles. The van der Waals surface area contributed by atoms with Gasteiger partial charge in [0.15, 0.2) is 0 Å². The molecular formula is C23H27Br2NO4. The quantitative estimate of drug-likeness (QED) is 0.444. The fourth-order valence-electron chi connectivity index (χ4n) is 2.97. The minimum Gasteiger partial charge on any atom is -0.460 e. The molecule has 1 N–H and O–H groups in total. The van der Waals surface area contributed by atoms with Gasteiger partial charge < -0.3 is 14.8 Å². The van der Waals surface area contributed by atoms with Crippen molar-refractivity contribution in [1.29, 1.82) is 0 Å². The lowest BCUT2D eigenvalue weighted by atomic mass is 9.87. The van der Waals surface area contributed by atoms with Gasteiger partial charge in [-0.2, -0.15) is 0 Å². The van der Waals surface area contributed by atoms with Crippen LogP contribution in [-0.4, -0.2) is 29.8 Å². The fraction of sp³-hybridized carbons (Fsp3) is 0.391. The Morgan fingerprint density at radius 2 is 1.30 bits per heavy atom. The molecule has 0 radical (unpaired) electrons. The molecular weight excluding hydrogens is 514 g/mol. The first-order chi connectivity index (χ1) is 14.0. The van der Waals surface area contributed by atoms with Crippen LogP contribution in [-0.2, 0) is 14.3 Å². The normalized spacial score (nSPS) is 13.5. The molecule has 30 heavy (non-hydrogen) atoms. The summed E-state index contributed by atoms with van der Waals surface area (Å²) in [5, 5.41) is 2.53. The molecule has 1 amide bonds. The molecule has 2 atom stereocenters. The number of hydrogen-bond acceptors (Lipinski definition) is 4. The molecule has 2 rings (SSSR count). The van der Waals surface area contributed by atoms with E-state index in [1.165, 1.54) is 0 Å². The summed E-state index contributed by atoms with van der Waals surface area (Å²) >= 11 is 6.91. The summed E-state index contributed by atoms with van der Waals surface area (Å²) in [6.45, 7) is 8.72. The lowest BCUT2D eigenvalue weighted by Gasteiger charge is -2.27. The molecule has 7 heteroatoms. The minimum atomic E-state index is -0.835. The molecule has 0 saturated heterocycles. The molecule has 2 aromatic rings. The number of halogens is 2. The summed E-state index contributed by atoms with van der Waals surface area (Å²) < 4.78 is 12.9. The Labute approximate surface area is 194 Å². The van der Waals surface area contributed by atoms with Crippen molar-refractivity contribution < 1.29 is 19.1 Å². The van der Waals surface area contributed by atoms with E-state index in [1.54, 1.807) is 27.7 Å². The Bertz CT molecular complexity index is 815. The lowest BCUT2D eigenvalue weighted by Crippen LogP contribution is -2.43. The number of benzene rings is 2. The third kappa shape index (κ3) is 7.43. The van der Waals surface area contributed by atoms with Gasteiger partial charge in [-0.3, -0.25) is 0 Å². The van der Waals surface area contributed by atoms with Crippen LogP contribution in [0.4, 0.5) is 4.79 Å². The van der Waals surface area contributed by atoms with Crippen LogP contribution in [0.3, 0.4) is 0 Å². The van der Waals surface area contributed by atoms with Gasteiger partial charge in [0.25, 0.3) is 0 Å². The molecule has 0 aliphatic carbocycles. The van der Waals surface area contributed by atoms with Crippen molar-refractivity contribution in [3.05, 3.63) is 68.6 Å². The highest BCUT2D eigenvalue weighted by atomic mass is 79.9. The van der Waals surface area contributed by atoms with Gasteiger partial charge in [0, 0.05) is 14.9 Å². The number of nitrogens with one attached hydrogen (secondary N) is 1. The SMILES string of the molecule is C[C@H](NC(=O)OC(C)(C)C)C(=O)O[C@@H](C)C(c1ccc(Br)cc1)c1ccc(Br)cc1. The van der Waals surface area contributed by atoms with Gasteiger partial charge >= 0.3 is 12.1 Å². The summed E-state index contributed by atoms with van der Waals surface area (Å²) in [7, 11) is 0. The number of carbonyl (C=O) groups excluding carboxylic acids is 2. The van der Waals surface area contributed by atoms with Crippen molar-refractivity contribution in [2.24, 2.45) is 0 Å². The zero-order valence-electron chi connectivity index (χ0n) is 17.7.